The van der Waals surface area contributed by atoms with Crippen molar-refractivity contribution in [1.82, 2.24) is 10.3 Å². The van der Waals surface area contributed by atoms with Crippen molar-refractivity contribution in [2.75, 3.05) is 6.54 Å². The fourth-order valence-corrected chi connectivity index (χ4v) is 3.29. The summed E-state index contributed by atoms with van der Waals surface area (Å²) in [7, 11) is 0. The van der Waals surface area contributed by atoms with Crippen LogP contribution in [0.4, 0.5) is 0 Å². The highest BCUT2D eigenvalue weighted by molar-refractivity contribution is 6.06. The Labute approximate surface area is 126 Å². The van der Waals surface area contributed by atoms with Crippen LogP contribution in [-0.2, 0) is 12.8 Å². The lowest BCUT2D eigenvalue weighted by Gasteiger charge is -2.10. The molecule has 0 unspecified atom stereocenters. The van der Waals surface area contributed by atoms with Crippen LogP contribution in [0.1, 0.15) is 60.6 Å². The van der Waals surface area contributed by atoms with Crippen LogP contribution in [-0.4, -0.2) is 17.4 Å². The van der Waals surface area contributed by atoms with Gasteiger partial charge in [0, 0.05) is 17.6 Å². The molecule has 1 amide bonds. The first kappa shape index (κ1) is 14.2. The number of hydrogen-bond donors (Lipinski definition) is 2. The smallest absolute Gasteiger partial charge is 0.253 e. The van der Waals surface area contributed by atoms with Crippen LogP contribution in [0.3, 0.4) is 0 Å². The van der Waals surface area contributed by atoms with E-state index in [9.17, 15) is 4.79 Å². The van der Waals surface area contributed by atoms with Gasteiger partial charge in [-0.3, -0.25) is 4.79 Å². The molecular weight excluding hydrogens is 260 g/mol. The number of aromatic nitrogens is 1. The molecule has 0 radical (unpaired) electrons. The zero-order valence-corrected chi connectivity index (χ0v) is 12.8. The average molecular weight is 284 g/mol. The topological polar surface area (TPSA) is 44.9 Å². The first-order valence-electron chi connectivity index (χ1n) is 8.22. The Kier molecular flexibility index (Phi) is 4.28. The summed E-state index contributed by atoms with van der Waals surface area (Å²) >= 11 is 0. The molecule has 1 aromatic heterocycles. The van der Waals surface area contributed by atoms with E-state index in [-0.39, 0.29) is 5.91 Å². The minimum absolute atomic E-state index is 0.0512. The average Bonchev–Trinajstić information content (AvgIpc) is 2.90. The first-order valence-corrected chi connectivity index (χ1v) is 8.22. The second-order valence-electron chi connectivity index (χ2n) is 5.98. The van der Waals surface area contributed by atoms with Crippen LogP contribution in [0.25, 0.3) is 10.9 Å². The number of nitrogens with one attached hydrogen (secondary N) is 2. The highest BCUT2D eigenvalue weighted by Crippen LogP contribution is 2.30. The van der Waals surface area contributed by atoms with E-state index >= 15 is 0 Å². The van der Waals surface area contributed by atoms with E-state index in [1.54, 1.807) is 0 Å². The van der Waals surface area contributed by atoms with Gasteiger partial charge in [-0.25, -0.2) is 0 Å². The van der Waals surface area contributed by atoms with Gasteiger partial charge in [-0.2, -0.15) is 0 Å². The summed E-state index contributed by atoms with van der Waals surface area (Å²) in [4.78, 5) is 15.9. The van der Waals surface area contributed by atoms with Gasteiger partial charge in [0.05, 0.1) is 11.1 Å². The fraction of sp³-hybridized carbons (Fsp3) is 0.500. The molecule has 1 aromatic carbocycles. The lowest BCUT2D eigenvalue weighted by Crippen LogP contribution is -2.24. The van der Waals surface area contributed by atoms with Crippen LogP contribution in [0.15, 0.2) is 18.2 Å². The number of benzene rings is 1. The number of aromatic amines is 1. The Morgan fingerprint density at radius 3 is 2.95 bits per heavy atom. The molecule has 1 aliphatic rings. The number of amides is 1. The van der Waals surface area contributed by atoms with E-state index in [0.29, 0.717) is 0 Å². The number of fused-ring (bicyclic) bond motifs is 3. The van der Waals surface area contributed by atoms with E-state index in [1.165, 1.54) is 42.3 Å². The Hall–Kier alpha value is -1.77. The number of hydrogen-bond acceptors (Lipinski definition) is 1. The Morgan fingerprint density at radius 1 is 1.24 bits per heavy atom. The summed E-state index contributed by atoms with van der Waals surface area (Å²) in [5.74, 6) is 0.0512. The molecule has 112 valence electrons. The largest absolute Gasteiger partial charge is 0.358 e. The van der Waals surface area contributed by atoms with Crippen molar-refractivity contribution < 1.29 is 4.79 Å². The van der Waals surface area contributed by atoms with Crippen LogP contribution >= 0.6 is 0 Å². The maximum absolute atomic E-state index is 12.4. The van der Waals surface area contributed by atoms with Gasteiger partial charge in [0.2, 0.25) is 0 Å². The molecule has 0 bridgehead atoms. The van der Waals surface area contributed by atoms with Gasteiger partial charge in [0.25, 0.3) is 5.91 Å². The minimum Gasteiger partial charge on any atom is -0.358 e. The number of aryl methyl sites for hydroxylation is 2. The molecule has 3 heteroatoms. The third-order valence-electron chi connectivity index (χ3n) is 4.44. The molecule has 1 aliphatic carbocycles. The third-order valence-corrected chi connectivity index (χ3v) is 4.44. The minimum atomic E-state index is 0.0512. The predicted molar refractivity (Wildman–Crippen MR) is 86.8 cm³/mol. The number of carbonyl (C=O) groups is 1. The number of H-pyrrole nitrogens is 1. The van der Waals surface area contributed by atoms with Crippen molar-refractivity contribution in [3.63, 3.8) is 0 Å². The summed E-state index contributed by atoms with van der Waals surface area (Å²) in [6.45, 7) is 2.94. The monoisotopic (exact) mass is 284 g/mol. The fourth-order valence-electron chi connectivity index (χ4n) is 3.29. The first-order chi connectivity index (χ1) is 10.3. The van der Waals surface area contributed by atoms with E-state index in [0.717, 1.165) is 36.9 Å². The highest BCUT2D eigenvalue weighted by atomic mass is 16.1. The van der Waals surface area contributed by atoms with Gasteiger partial charge in [-0.05, 0) is 43.7 Å². The lowest BCUT2D eigenvalue weighted by molar-refractivity contribution is 0.0954. The SMILES string of the molecule is CCCCCNC(=O)c1cccc2c3c([nH]c12)CCCC3. The zero-order valence-electron chi connectivity index (χ0n) is 12.8. The van der Waals surface area contributed by atoms with Gasteiger partial charge in [-0.15, -0.1) is 0 Å². The van der Waals surface area contributed by atoms with Crippen molar-refractivity contribution in [3.05, 3.63) is 35.0 Å². The van der Waals surface area contributed by atoms with Crippen molar-refractivity contribution in [3.8, 4) is 0 Å². The Balaban J connectivity index is 1.85. The molecule has 3 nitrogen and oxygen atoms in total. The maximum Gasteiger partial charge on any atom is 0.253 e. The van der Waals surface area contributed by atoms with Crippen molar-refractivity contribution in [1.29, 1.82) is 0 Å². The molecule has 0 fully saturated rings. The number of unbranched alkanes of at least 4 members (excludes halogenated alkanes) is 2. The molecule has 0 spiro atoms. The maximum atomic E-state index is 12.4. The standard InChI is InChI=1S/C18H24N2O/c1-2-3-6-12-19-18(21)15-10-7-9-14-13-8-4-5-11-16(13)20-17(14)15/h7,9-10,20H,2-6,8,11-12H2,1H3,(H,19,21). The van der Waals surface area contributed by atoms with Crippen molar-refractivity contribution in [2.24, 2.45) is 0 Å². The van der Waals surface area contributed by atoms with E-state index in [1.807, 2.05) is 12.1 Å². The highest BCUT2D eigenvalue weighted by Gasteiger charge is 2.18. The summed E-state index contributed by atoms with van der Waals surface area (Å²) in [6.07, 6.45) is 8.15. The molecule has 3 rings (SSSR count). The van der Waals surface area contributed by atoms with Gasteiger partial charge in [0.15, 0.2) is 0 Å². The summed E-state index contributed by atoms with van der Waals surface area (Å²) in [6, 6.07) is 6.08. The van der Waals surface area contributed by atoms with Crippen molar-refractivity contribution in [2.45, 2.75) is 51.9 Å². The van der Waals surface area contributed by atoms with Crippen LogP contribution in [0, 0.1) is 0 Å². The number of para-hydroxylation sites is 1. The second kappa shape index (κ2) is 6.33. The summed E-state index contributed by atoms with van der Waals surface area (Å²) in [5, 5.41) is 4.29. The van der Waals surface area contributed by atoms with Gasteiger partial charge in [-0.1, -0.05) is 31.9 Å². The Bertz CT molecular complexity index is 642. The molecule has 0 atom stereocenters. The van der Waals surface area contributed by atoms with Gasteiger partial charge < -0.3 is 10.3 Å². The molecular formula is C18H24N2O. The summed E-state index contributed by atoms with van der Waals surface area (Å²) < 4.78 is 0. The van der Waals surface area contributed by atoms with E-state index < -0.39 is 0 Å². The zero-order chi connectivity index (χ0) is 14.7. The molecule has 2 aromatic rings. The third kappa shape index (κ3) is 2.82. The summed E-state index contributed by atoms with van der Waals surface area (Å²) in [5.41, 5.74) is 4.58. The van der Waals surface area contributed by atoms with Crippen LogP contribution in [0.2, 0.25) is 0 Å². The van der Waals surface area contributed by atoms with Crippen LogP contribution in [0.5, 0.6) is 0 Å². The predicted octanol–water partition coefficient (Wildman–Crippen LogP) is 3.97. The number of carbonyl (C=O) groups excluding carboxylic acids is 1. The molecule has 2 N–H and O–H groups in total. The normalized spacial score (nSPS) is 14.1. The molecule has 0 saturated heterocycles. The lowest BCUT2D eigenvalue weighted by atomic mass is 9.95. The number of rotatable bonds is 5. The quantitative estimate of drug-likeness (QED) is 0.802. The molecule has 0 saturated carbocycles. The Morgan fingerprint density at radius 2 is 2.10 bits per heavy atom. The van der Waals surface area contributed by atoms with E-state index in [4.69, 9.17) is 0 Å². The molecule has 0 aliphatic heterocycles. The second-order valence-corrected chi connectivity index (χ2v) is 5.98. The molecule has 1 heterocycles. The van der Waals surface area contributed by atoms with Gasteiger partial charge >= 0.3 is 0 Å². The van der Waals surface area contributed by atoms with Crippen LogP contribution < -0.4 is 5.32 Å². The van der Waals surface area contributed by atoms with Crippen molar-refractivity contribution >= 4 is 16.8 Å². The van der Waals surface area contributed by atoms with Gasteiger partial charge in [0.1, 0.15) is 0 Å². The molecule has 21 heavy (non-hydrogen) atoms. The van der Waals surface area contributed by atoms with E-state index in [2.05, 4.69) is 23.3 Å².